The van der Waals surface area contributed by atoms with Crippen molar-refractivity contribution in [2.75, 3.05) is 16.8 Å². The van der Waals surface area contributed by atoms with E-state index in [1.807, 2.05) is 36.4 Å². The summed E-state index contributed by atoms with van der Waals surface area (Å²) in [5.41, 5.74) is 1.97. The Kier molecular flexibility index (Phi) is 6.92. The molecule has 4 aromatic rings. The van der Waals surface area contributed by atoms with Crippen molar-refractivity contribution < 1.29 is 24.2 Å². The van der Waals surface area contributed by atoms with E-state index in [9.17, 15) is 24.3 Å². The zero-order valence-corrected chi connectivity index (χ0v) is 26.7. The zero-order chi connectivity index (χ0) is 31.0. The van der Waals surface area contributed by atoms with Gasteiger partial charge < -0.3 is 20.1 Å². The number of phenolic OH excluding ortho intramolecular Hbond substituents is 1. The van der Waals surface area contributed by atoms with Crippen molar-refractivity contribution in [1.29, 1.82) is 0 Å². The number of aromatic nitrogens is 1. The Labute approximate surface area is 274 Å². The highest BCUT2D eigenvalue weighted by atomic mass is 79.9. The highest BCUT2D eigenvalue weighted by Crippen LogP contribution is 2.69. The summed E-state index contributed by atoms with van der Waals surface area (Å²) in [6, 6.07) is 21.0. The summed E-state index contributed by atoms with van der Waals surface area (Å²) in [4.78, 5) is 58.5. The maximum absolute atomic E-state index is 14.0. The van der Waals surface area contributed by atoms with Crippen LogP contribution in [0.2, 0.25) is 0 Å². The Balaban J connectivity index is 1.12. The van der Waals surface area contributed by atoms with Crippen LogP contribution >= 0.6 is 39.0 Å². The second kappa shape index (κ2) is 10.9. The number of carbonyl (C=O) groups excluding carboxylic acids is 3. The maximum atomic E-state index is 14.0. The van der Waals surface area contributed by atoms with Crippen molar-refractivity contribution in [2.24, 2.45) is 29.6 Å². The van der Waals surface area contributed by atoms with E-state index in [1.165, 1.54) is 28.4 Å². The smallest absolute Gasteiger partial charge is 0.305 e. The summed E-state index contributed by atoms with van der Waals surface area (Å²) in [5, 5.41) is 13.1. The summed E-state index contributed by atoms with van der Waals surface area (Å²) in [6.45, 7) is -0.241. The SMILES string of the molecule is O=C(COc1ccccc1[C@@H]1c2sc(=O)[nH]c2S[C@@H]2[C@@H]3C[C@@H]([C@@H]4C(=O)N(c5ccc(Br)cc5)C(=O)[C@@H]34)[C@H]12)Nc1ccc(O)cc1. The first-order valence-electron chi connectivity index (χ1n) is 14.6. The number of para-hydroxylation sites is 1. The summed E-state index contributed by atoms with van der Waals surface area (Å²) >= 11 is 6.24. The Bertz CT molecular complexity index is 1910. The number of anilines is 2. The number of H-pyrrole nitrogens is 1. The number of nitrogens with zero attached hydrogens (tertiary/aromatic N) is 1. The number of fused-ring (bicyclic) bond motifs is 9. The van der Waals surface area contributed by atoms with Crippen LogP contribution in [0.5, 0.6) is 11.5 Å². The molecule has 3 N–H and O–H groups in total. The number of nitrogens with one attached hydrogen (secondary N) is 2. The minimum Gasteiger partial charge on any atom is -0.508 e. The largest absolute Gasteiger partial charge is 0.508 e. The Morgan fingerprint density at radius 3 is 2.44 bits per heavy atom. The van der Waals surface area contributed by atoms with Gasteiger partial charge >= 0.3 is 4.87 Å². The fraction of sp³-hybridized carbons (Fsp3) is 0.273. The number of hydrogen-bond acceptors (Lipinski definition) is 8. The van der Waals surface area contributed by atoms with Gasteiger partial charge in [-0.2, -0.15) is 0 Å². The van der Waals surface area contributed by atoms with E-state index < -0.39 is 5.92 Å². The number of halogens is 1. The van der Waals surface area contributed by atoms with Crippen LogP contribution in [-0.2, 0) is 14.4 Å². The lowest BCUT2D eigenvalue weighted by Gasteiger charge is -2.43. The first kappa shape index (κ1) is 28.6. The molecule has 45 heavy (non-hydrogen) atoms. The predicted molar refractivity (Wildman–Crippen MR) is 174 cm³/mol. The van der Waals surface area contributed by atoms with Gasteiger partial charge in [0.15, 0.2) is 6.61 Å². The molecule has 3 heterocycles. The van der Waals surface area contributed by atoms with Crippen LogP contribution in [0.15, 0.2) is 87.1 Å². The molecule has 8 rings (SSSR count). The standard InChI is InChI=1S/C33H26BrN3O6S2/c34-15-5-9-17(10-6-15)37-31(40)26-20-13-21(27(26)32(37)41)28-25(20)24(29-30(44-28)36-33(42)45-29)19-3-1-2-4-22(19)43-14-23(39)35-16-7-11-18(38)12-8-16/h1-12,20-21,24-28,38H,13-14H2,(H,35,39)(H,36,42)/t20-,21-,24+,25-,26+,27+,28-/m1/s1. The van der Waals surface area contributed by atoms with Crippen LogP contribution in [0.25, 0.3) is 0 Å². The molecule has 3 fully saturated rings. The second-order valence-electron chi connectivity index (χ2n) is 11.9. The van der Waals surface area contributed by atoms with E-state index in [4.69, 9.17) is 4.74 Å². The lowest BCUT2D eigenvalue weighted by molar-refractivity contribution is -0.123. The Morgan fingerprint density at radius 1 is 0.978 bits per heavy atom. The lowest BCUT2D eigenvalue weighted by atomic mass is 9.68. The summed E-state index contributed by atoms with van der Waals surface area (Å²) in [7, 11) is 0. The van der Waals surface area contributed by atoms with Crippen LogP contribution in [-0.4, -0.2) is 39.7 Å². The minimum atomic E-state index is -0.420. The molecular formula is C33H26BrN3O6S2. The number of phenols is 1. The van der Waals surface area contributed by atoms with Gasteiger partial charge in [-0.25, -0.2) is 0 Å². The molecule has 0 radical (unpaired) electrons. The predicted octanol–water partition coefficient (Wildman–Crippen LogP) is 5.60. The van der Waals surface area contributed by atoms with Gasteiger partial charge in [0.2, 0.25) is 11.8 Å². The molecular weight excluding hydrogens is 678 g/mol. The number of ether oxygens (including phenoxy) is 1. The minimum absolute atomic E-state index is 0.00242. The molecule has 12 heteroatoms. The van der Waals surface area contributed by atoms with E-state index in [1.54, 1.807) is 36.0 Å². The molecule has 228 valence electrons. The van der Waals surface area contributed by atoms with Gasteiger partial charge in [-0.3, -0.25) is 24.1 Å². The monoisotopic (exact) mass is 703 g/mol. The van der Waals surface area contributed by atoms with Crippen LogP contribution in [0.1, 0.15) is 22.8 Å². The number of aromatic hydroxyl groups is 1. The number of rotatable bonds is 6. The van der Waals surface area contributed by atoms with Gasteiger partial charge in [-0.05, 0) is 78.8 Å². The van der Waals surface area contributed by atoms with Crippen LogP contribution in [0, 0.1) is 29.6 Å². The first-order valence-corrected chi connectivity index (χ1v) is 17.1. The number of imide groups is 1. The molecule has 2 saturated carbocycles. The molecule has 7 atom stereocenters. The van der Waals surface area contributed by atoms with E-state index in [0.29, 0.717) is 17.1 Å². The molecule has 9 nitrogen and oxygen atoms in total. The van der Waals surface area contributed by atoms with Gasteiger partial charge in [0.05, 0.1) is 22.5 Å². The van der Waals surface area contributed by atoms with Crippen molar-refractivity contribution in [1.82, 2.24) is 4.98 Å². The molecule has 1 saturated heterocycles. The molecule has 2 bridgehead atoms. The number of thioether (sulfide) groups is 1. The summed E-state index contributed by atoms with van der Waals surface area (Å²) in [6.07, 6.45) is 0.775. The van der Waals surface area contributed by atoms with Crippen molar-refractivity contribution in [2.45, 2.75) is 22.6 Å². The van der Waals surface area contributed by atoms with Gasteiger partial charge in [-0.15, -0.1) is 11.8 Å². The topological polar surface area (TPSA) is 129 Å². The first-order chi connectivity index (χ1) is 21.8. The number of aromatic amines is 1. The van der Waals surface area contributed by atoms with Gasteiger partial charge in [0.1, 0.15) is 11.5 Å². The maximum Gasteiger partial charge on any atom is 0.305 e. The quantitative estimate of drug-likeness (QED) is 0.176. The van der Waals surface area contributed by atoms with Gasteiger partial charge in [0.25, 0.3) is 5.91 Å². The average molecular weight is 705 g/mol. The third-order valence-electron chi connectivity index (χ3n) is 9.57. The van der Waals surface area contributed by atoms with Crippen LogP contribution < -0.4 is 19.8 Å². The number of thiazole rings is 1. The lowest BCUT2D eigenvalue weighted by Crippen LogP contribution is -2.42. The Hall–Kier alpha value is -3.87. The third-order valence-corrected chi connectivity index (χ3v) is 12.7. The molecule has 3 aromatic carbocycles. The highest BCUT2D eigenvalue weighted by molar-refractivity contribution is 9.10. The fourth-order valence-electron chi connectivity index (χ4n) is 7.96. The van der Waals surface area contributed by atoms with E-state index in [-0.39, 0.29) is 69.8 Å². The van der Waals surface area contributed by atoms with Crippen molar-refractivity contribution >= 4 is 68.1 Å². The average Bonchev–Trinajstić information content (AvgIpc) is 3.77. The number of benzene rings is 3. The summed E-state index contributed by atoms with van der Waals surface area (Å²) in [5.74, 6) is -1.11. The van der Waals surface area contributed by atoms with Crippen molar-refractivity contribution in [3.8, 4) is 11.5 Å². The molecule has 0 spiro atoms. The van der Waals surface area contributed by atoms with Crippen LogP contribution in [0.3, 0.4) is 0 Å². The Morgan fingerprint density at radius 2 is 1.69 bits per heavy atom. The van der Waals surface area contributed by atoms with Crippen molar-refractivity contribution in [3.05, 3.63) is 97.4 Å². The van der Waals surface area contributed by atoms with E-state index in [0.717, 1.165) is 26.4 Å². The molecule has 4 aliphatic rings. The fourth-order valence-corrected chi connectivity index (χ4v) is 11.1. The number of amides is 3. The van der Waals surface area contributed by atoms with Gasteiger partial charge in [0, 0.05) is 31.8 Å². The molecule has 1 aromatic heterocycles. The van der Waals surface area contributed by atoms with Crippen molar-refractivity contribution in [3.63, 3.8) is 0 Å². The van der Waals surface area contributed by atoms with E-state index in [2.05, 4.69) is 26.2 Å². The molecule has 2 aliphatic carbocycles. The highest BCUT2D eigenvalue weighted by Gasteiger charge is 2.69. The molecule has 2 aliphatic heterocycles. The second-order valence-corrected chi connectivity index (χ2v) is 15.0. The number of carbonyl (C=O) groups is 3. The third kappa shape index (κ3) is 4.64. The number of hydrogen-bond donors (Lipinski definition) is 3. The molecule has 0 unspecified atom stereocenters. The van der Waals surface area contributed by atoms with Gasteiger partial charge in [-0.1, -0.05) is 45.5 Å². The molecule has 3 amide bonds. The zero-order valence-electron chi connectivity index (χ0n) is 23.5. The van der Waals surface area contributed by atoms with E-state index >= 15 is 0 Å². The van der Waals surface area contributed by atoms with Crippen LogP contribution in [0.4, 0.5) is 11.4 Å². The normalized spacial score (nSPS) is 27.7. The summed E-state index contributed by atoms with van der Waals surface area (Å²) < 4.78 is 6.99.